The quantitative estimate of drug-likeness (QED) is 0.615. The van der Waals surface area contributed by atoms with Crippen LogP contribution in [0.25, 0.3) is 0 Å². The molecule has 0 fully saturated rings. The molecular weight excluding hydrogens is 374 g/mol. The molecule has 3 aromatic carbocycles. The van der Waals surface area contributed by atoms with Gasteiger partial charge in [0.2, 0.25) is 5.91 Å². The number of hydrogen-bond donors (Lipinski definition) is 1. The van der Waals surface area contributed by atoms with Gasteiger partial charge < -0.3 is 14.8 Å². The van der Waals surface area contributed by atoms with Crippen LogP contribution in [0.2, 0.25) is 0 Å². The molecule has 1 atom stereocenters. The van der Waals surface area contributed by atoms with Gasteiger partial charge in [0.15, 0.2) is 0 Å². The summed E-state index contributed by atoms with van der Waals surface area (Å²) in [6, 6.07) is 23.8. The van der Waals surface area contributed by atoms with Gasteiger partial charge in [0, 0.05) is 24.1 Å². The molecule has 1 amide bonds. The van der Waals surface area contributed by atoms with Gasteiger partial charge >= 0.3 is 0 Å². The number of rotatable bonds is 7. The monoisotopic (exact) mass is 401 g/mol. The molecule has 4 heteroatoms. The van der Waals surface area contributed by atoms with Crippen molar-refractivity contribution in [2.45, 2.75) is 38.8 Å². The molecule has 0 bridgehead atoms. The number of nitrogens with one attached hydrogen (secondary N) is 1. The lowest BCUT2D eigenvalue weighted by Crippen LogP contribution is -2.29. The van der Waals surface area contributed by atoms with E-state index in [0.29, 0.717) is 13.2 Å². The van der Waals surface area contributed by atoms with Crippen LogP contribution in [-0.2, 0) is 17.8 Å². The third-order valence-electron chi connectivity index (χ3n) is 5.36. The van der Waals surface area contributed by atoms with Gasteiger partial charge in [-0.25, -0.2) is 0 Å². The highest BCUT2D eigenvalue weighted by atomic mass is 16.5. The van der Waals surface area contributed by atoms with Crippen molar-refractivity contribution in [2.75, 3.05) is 6.61 Å². The molecule has 30 heavy (non-hydrogen) atoms. The van der Waals surface area contributed by atoms with Crippen molar-refractivity contribution in [3.63, 3.8) is 0 Å². The molecule has 154 valence electrons. The van der Waals surface area contributed by atoms with Crippen LogP contribution in [0.5, 0.6) is 11.5 Å². The number of fused-ring (bicyclic) bond motifs is 1. The van der Waals surface area contributed by atoms with Gasteiger partial charge in [-0.1, -0.05) is 60.7 Å². The van der Waals surface area contributed by atoms with Gasteiger partial charge in [0.05, 0.1) is 12.5 Å². The molecule has 0 saturated heterocycles. The SMILES string of the molecule is CCOc1cc2c(cc1CNC(=O)C(c1ccccc1)c1ccccc1)O[C@@H](C)C2. The minimum absolute atomic E-state index is 0.0374. The van der Waals surface area contributed by atoms with E-state index in [1.165, 1.54) is 0 Å². The molecule has 0 unspecified atom stereocenters. The smallest absolute Gasteiger partial charge is 0.232 e. The van der Waals surface area contributed by atoms with Crippen LogP contribution in [-0.4, -0.2) is 18.6 Å². The maximum atomic E-state index is 13.3. The number of ether oxygens (including phenoxy) is 2. The molecule has 1 N–H and O–H groups in total. The molecule has 1 heterocycles. The summed E-state index contributed by atoms with van der Waals surface area (Å²) in [6.45, 7) is 4.99. The molecule has 4 rings (SSSR count). The summed E-state index contributed by atoms with van der Waals surface area (Å²) in [4.78, 5) is 13.3. The van der Waals surface area contributed by atoms with Crippen molar-refractivity contribution in [3.05, 3.63) is 95.1 Å². The molecule has 1 aliphatic heterocycles. The highest BCUT2D eigenvalue weighted by Gasteiger charge is 2.24. The summed E-state index contributed by atoms with van der Waals surface area (Å²) in [5.41, 5.74) is 4.03. The van der Waals surface area contributed by atoms with Crippen LogP contribution in [0.4, 0.5) is 0 Å². The second-order valence-corrected chi connectivity index (χ2v) is 7.61. The van der Waals surface area contributed by atoms with Crippen molar-refractivity contribution in [1.82, 2.24) is 5.32 Å². The zero-order valence-electron chi connectivity index (χ0n) is 17.4. The maximum Gasteiger partial charge on any atom is 0.232 e. The van der Waals surface area contributed by atoms with Crippen LogP contribution >= 0.6 is 0 Å². The Morgan fingerprint density at radius 2 is 1.70 bits per heavy atom. The van der Waals surface area contributed by atoms with E-state index in [1.54, 1.807) is 0 Å². The van der Waals surface area contributed by atoms with Crippen molar-refractivity contribution in [1.29, 1.82) is 0 Å². The first-order valence-corrected chi connectivity index (χ1v) is 10.5. The maximum absolute atomic E-state index is 13.3. The van der Waals surface area contributed by atoms with E-state index in [9.17, 15) is 4.79 Å². The van der Waals surface area contributed by atoms with E-state index in [0.717, 1.165) is 40.2 Å². The van der Waals surface area contributed by atoms with Gasteiger partial charge in [-0.15, -0.1) is 0 Å². The molecule has 0 aromatic heterocycles. The van der Waals surface area contributed by atoms with E-state index in [4.69, 9.17) is 9.47 Å². The van der Waals surface area contributed by atoms with E-state index >= 15 is 0 Å². The lowest BCUT2D eigenvalue weighted by Gasteiger charge is -2.19. The van der Waals surface area contributed by atoms with Gasteiger partial charge in [-0.05, 0) is 37.1 Å². The highest BCUT2D eigenvalue weighted by molar-refractivity contribution is 5.87. The highest BCUT2D eigenvalue weighted by Crippen LogP contribution is 2.35. The predicted molar refractivity (Wildman–Crippen MR) is 118 cm³/mol. The summed E-state index contributed by atoms with van der Waals surface area (Å²) < 4.78 is 11.8. The summed E-state index contributed by atoms with van der Waals surface area (Å²) in [7, 11) is 0. The predicted octanol–water partition coefficient (Wildman–Crippen LogP) is 4.86. The van der Waals surface area contributed by atoms with Gasteiger partial charge in [-0.2, -0.15) is 0 Å². The Hall–Kier alpha value is -3.27. The topological polar surface area (TPSA) is 47.6 Å². The van der Waals surface area contributed by atoms with Gasteiger partial charge in [0.1, 0.15) is 17.6 Å². The first kappa shape index (κ1) is 20.0. The number of amides is 1. The number of carbonyl (C=O) groups excluding carboxylic acids is 1. The first-order chi connectivity index (χ1) is 14.7. The Morgan fingerprint density at radius 3 is 2.30 bits per heavy atom. The van der Waals surface area contributed by atoms with Gasteiger partial charge in [-0.3, -0.25) is 4.79 Å². The average molecular weight is 402 g/mol. The van der Waals surface area contributed by atoms with Crippen molar-refractivity contribution >= 4 is 5.91 Å². The number of carbonyl (C=O) groups is 1. The van der Waals surface area contributed by atoms with Crippen molar-refractivity contribution in [3.8, 4) is 11.5 Å². The van der Waals surface area contributed by atoms with Crippen LogP contribution in [0, 0.1) is 0 Å². The molecule has 4 nitrogen and oxygen atoms in total. The summed E-state index contributed by atoms with van der Waals surface area (Å²) in [5.74, 6) is 1.29. The first-order valence-electron chi connectivity index (χ1n) is 10.5. The molecule has 0 saturated carbocycles. The fourth-order valence-electron chi connectivity index (χ4n) is 3.98. The second kappa shape index (κ2) is 9.04. The third kappa shape index (κ3) is 4.33. The zero-order valence-corrected chi connectivity index (χ0v) is 17.4. The number of benzene rings is 3. The van der Waals surface area contributed by atoms with Crippen molar-refractivity contribution in [2.24, 2.45) is 0 Å². The molecule has 0 radical (unpaired) electrons. The Labute approximate surface area is 177 Å². The Balaban J connectivity index is 1.58. The second-order valence-electron chi connectivity index (χ2n) is 7.61. The lowest BCUT2D eigenvalue weighted by molar-refractivity contribution is -0.121. The van der Waals surface area contributed by atoms with E-state index in [1.807, 2.05) is 73.7 Å². The molecule has 1 aliphatic rings. The van der Waals surface area contributed by atoms with Crippen LogP contribution in [0.1, 0.15) is 42.0 Å². The normalized spacial score (nSPS) is 14.8. The van der Waals surface area contributed by atoms with E-state index in [2.05, 4.69) is 18.3 Å². The minimum Gasteiger partial charge on any atom is -0.494 e. The largest absolute Gasteiger partial charge is 0.494 e. The molecule has 3 aromatic rings. The van der Waals surface area contributed by atoms with Gasteiger partial charge in [0.25, 0.3) is 0 Å². The third-order valence-corrected chi connectivity index (χ3v) is 5.36. The van der Waals surface area contributed by atoms with Crippen molar-refractivity contribution < 1.29 is 14.3 Å². The Bertz CT molecular complexity index is 962. The molecular formula is C26H27NO3. The summed E-state index contributed by atoms with van der Waals surface area (Å²) in [6.07, 6.45) is 1.05. The van der Waals surface area contributed by atoms with Crippen LogP contribution < -0.4 is 14.8 Å². The van der Waals surface area contributed by atoms with Crippen LogP contribution in [0.3, 0.4) is 0 Å². The van der Waals surface area contributed by atoms with E-state index in [-0.39, 0.29) is 17.9 Å². The van der Waals surface area contributed by atoms with Crippen LogP contribution in [0.15, 0.2) is 72.8 Å². The molecule has 0 aliphatic carbocycles. The minimum atomic E-state index is -0.367. The van der Waals surface area contributed by atoms with E-state index < -0.39 is 0 Å². The number of hydrogen-bond acceptors (Lipinski definition) is 3. The Kier molecular flexibility index (Phi) is 6.03. The fourth-order valence-corrected chi connectivity index (χ4v) is 3.98. The zero-order chi connectivity index (χ0) is 20.9. The standard InChI is InChI=1S/C26H27NO3/c1-3-29-23-15-21-14-18(2)30-24(21)16-22(23)17-27-26(28)25(19-10-6-4-7-11-19)20-12-8-5-9-13-20/h4-13,15-16,18,25H,3,14,17H2,1-2H3,(H,27,28)/t18-/m0/s1. The fraction of sp³-hybridized carbons (Fsp3) is 0.269. The molecule has 0 spiro atoms. The average Bonchev–Trinajstić information content (AvgIpc) is 3.13. The summed E-state index contributed by atoms with van der Waals surface area (Å²) >= 11 is 0. The lowest BCUT2D eigenvalue weighted by atomic mass is 9.90. The Morgan fingerprint density at radius 1 is 1.07 bits per heavy atom. The summed E-state index contributed by atoms with van der Waals surface area (Å²) in [5, 5.41) is 3.12.